The lowest BCUT2D eigenvalue weighted by Gasteiger charge is -2.24. The number of amides is 2. The Bertz CT molecular complexity index is 1050. The van der Waals surface area contributed by atoms with E-state index in [2.05, 4.69) is 5.32 Å². The summed E-state index contributed by atoms with van der Waals surface area (Å²) in [5.74, 6) is -0.135. The smallest absolute Gasteiger partial charge is 0.255 e. The normalized spacial score (nSPS) is 16.1. The molecule has 146 valence electrons. The number of carbonyl (C=O) groups excluding carboxylic acids is 2. The Kier molecular flexibility index (Phi) is 5.36. The van der Waals surface area contributed by atoms with Crippen molar-refractivity contribution in [2.45, 2.75) is 12.3 Å². The highest BCUT2D eigenvalue weighted by molar-refractivity contribution is 8.00. The van der Waals surface area contributed by atoms with E-state index < -0.39 is 0 Å². The molecule has 1 atom stereocenters. The van der Waals surface area contributed by atoms with Crippen LogP contribution >= 0.6 is 11.8 Å². The standard InChI is InChI=1S/C23H19FN2O2S/c1-15-4-2-3-5-20(15)22(28)25-18-10-6-16(7-11-18)23-26(21(27)14-29-23)19-12-8-17(24)9-13-19/h2-13,23H,14H2,1H3,(H,25,28). The van der Waals surface area contributed by atoms with Gasteiger partial charge in [0.25, 0.3) is 5.91 Å². The van der Waals surface area contributed by atoms with Crippen molar-refractivity contribution in [3.63, 3.8) is 0 Å². The second-order valence-electron chi connectivity index (χ2n) is 6.79. The first-order valence-corrected chi connectivity index (χ1v) is 10.2. The predicted molar refractivity (Wildman–Crippen MR) is 115 cm³/mol. The summed E-state index contributed by atoms with van der Waals surface area (Å²) in [7, 11) is 0. The number of halogens is 1. The number of rotatable bonds is 4. The average molecular weight is 406 g/mol. The molecule has 29 heavy (non-hydrogen) atoms. The van der Waals surface area contributed by atoms with Crippen molar-refractivity contribution in [3.05, 3.63) is 95.3 Å². The Balaban J connectivity index is 1.52. The molecule has 1 saturated heterocycles. The molecule has 1 N–H and O–H groups in total. The van der Waals surface area contributed by atoms with Crippen molar-refractivity contribution in [1.29, 1.82) is 0 Å². The highest BCUT2D eigenvalue weighted by atomic mass is 32.2. The van der Waals surface area contributed by atoms with Crippen LogP contribution in [0.15, 0.2) is 72.8 Å². The summed E-state index contributed by atoms with van der Waals surface area (Å²) >= 11 is 1.52. The van der Waals surface area contributed by atoms with Crippen LogP contribution in [0.2, 0.25) is 0 Å². The minimum Gasteiger partial charge on any atom is -0.322 e. The maximum atomic E-state index is 13.2. The molecule has 1 aliphatic rings. The molecule has 0 aromatic heterocycles. The number of benzene rings is 3. The van der Waals surface area contributed by atoms with Crippen LogP contribution in [0.25, 0.3) is 0 Å². The largest absolute Gasteiger partial charge is 0.322 e. The predicted octanol–water partition coefficient (Wildman–Crippen LogP) is 5.17. The summed E-state index contributed by atoms with van der Waals surface area (Å²) in [6.07, 6.45) is 0. The number of carbonyl (C=O) groups is 2. The molecular weight excluding hydrogens is 387 g/mol. The van der Waals surface area contributed by atoms with E-state index in [0.29, 0.717) is 22.7 Å². The number of anilines is 2. The van der Waals surface area contributed by atoms with Crippen molar-refractivity contribution in [2.75, 3.05) is 16.0 Å². The Morgan fingerprint density at radius 3 is 2.41 bits per heavy atom. The van der Waals surface area contributed by atoms with Crippen molar-refractivity contribution >= 4 is 35.0 Å². The van der Waals surface area contributed by atoms with E-state index in [0.717, 1.165) is 11.1 Å². The first-order valence-electron chi connectivity index (χ1n) is 9.19. The lowest BCUT2D eigenvalue weighted by Crippen LogP contribution is -2.27. The molecule has 1 fully saturated rings. The number of nitrogens with zero attached hydrogens (tertiary/aromatic N) is 1. The Hall–Kier alpha value is -3.12. The van der Waals surface area contributed by atoms with Gasteiger partial charge in [-0.2, -0.15) is 0 Å². The molecule has 3 aromatic rings. The zero-order valence-corrected chi connectivity index (χ0v) is 16.6. The Labute approximate surface area is 172 Å². The van der Waals surface area contributed by atoms with Gasteiger partial charge in [-0.3, -0.25) is 14.5 Å². The number of aryl methyl sites for hydroxylation is 1. The zero-order chi connectivity index (χ0) is 20.4. The molecule has 0 aliphatic carbocycles. The van der Waals surface area contributed by atoms with Gasteiger partial charge in [0.15, 0.2) is 0 Å². The summed E-state index contributed by atoms with van der Waals surface area (Å²) < 4.78 is 13.2. The fourth-order valence-corrected chi connectivity index (χ4v) is 4.49. The zero-order valence-electron chi connectivity index (χ0n) is 15.8. The average Bonchev–Trinajstić information content (AvgIpc) is 3.11. The van der Waals surface area contributed by atoms with E-state index in [1.54, 1.807) is 23.1 Å². The molecule has 2 amide bonds. The molecule has 1 aliphatic heterocycles. The van der Waals surface area contributed by atoms with Gasteiger partial charge in [-0.05, 0) is 60.5 Å². The summed E-state index contributed by atoms with van der Waals surface area (Å²) in [6, 6.07) is 20.8. The monoisotopic (exact) mass is 406 g/mol. The molecule has 0 spiro atoms. The third-order valence-corrected chi connectivity index (χ3v) is 6.03. The van der Waals surface area contributed by atoms with E-state index in [4.69, 9.17) is 0 Å². The quantitative estimate of drug-likeness (QED) is 0.651. The second kappa shape index (κ2) is 8.09. The third-order valence-electron chi connectivity index (χ3n) is 4.82. The van der Waals surface area contributed by atoms with Gasteiger partial charge in [-0.25, -0.2) is 4.39 Å². The van der Waals surface area contributed by atoms with E-state index in [1.807, 2.05) is 49.4 Å². The third kappa shape index (κ3) is 4.03. The molecular formula is C23H19FN2O2S. The van der Waals surface area contributed by atoms with Gasteiger partial charge in [0, 0.05) is 16.9 Å². The van der Waals surface area contributed by atoms with Crippen LogP contribution in [-0.4, -0.2) is 17.6 Å². The molecule has 0 bridgehead atoms. The highest BCUT2D eigenvalue weighted by Gasteiger charge is 2.34. The second-order valence-corrected chi connectivity index (χ2v) is 7.86. The summed E-state index contributed by atoms with van der Waals surface area (Å²) in [5, 5.41) is 2.72. The fraction of sp³-hybridized carbons (Fsp3) is 0.130. The van der Waals surface area contributed by atoms with Gasteiger partial charge in [0.2, 0.25) is 5.91 Å². The van der Waals surface area contributed by atoms with Crippen molar-refractivity contribution in [2.24, 2.45) is 0 Å². The number of hydrogen-bond acceptors (Lipinski definition) is 3. The van der Waals surface area contributed by atoms with Crippen LogP contribution < -0.4 is 10.2 Å². The molecule has 0 saturated carbocycles. The van der Waals surface area contributed by atoms with Gasteiger partial charge in [0.1, 0.15) is 11.2 Å². The van der Waals surface area contributed by atoms with Crippen molar-refractivity contribution in [1.82, 2.24) is 0 Å². The minimum atomic E-state index is -0.335. The van der Waals surface area contributed by atoms with Crippen LogP contribution in [0, 0.1) is 12.7 Å². The summed E-state index contributed by atoms with van der Waals surface area (Å²) in [4.78, 5) is 26.6. The topological polar surface area (TPSA) is 49.4 Å². The molecule has 1 heterocycles. The van der Waals surface area contributed by atoms with Gasteiger partial charge >= 0.3 is 0 Å². The van der Waals surface area contributed by atoms with Crippen LogP contribution in [0.1, 0.15) is 26.9 Å². The minimum absolute atomic E-state index is 0.0106. The lowest BCUT2D eigenvalue weighted by molar-refractivity contribution is -0.115. The molecule has 4 nitrogen and oxygen atoms in total. The van der Waals surface area contributed by atoms with Crippen molar-refractivity contribution in [3.8, 4) is 0 Å². The van der Waals surface area contributed by atoms with E-state index in [-0.39, 0.29) is 23.0 Å². The first kappa shape index (κ1) is 19.2. The maximum Gasteiger partial charge on any atom is 0.255 e. The lowest BCUT2D eigenvalue weighted by atomic mass is 10.1. The molecule has 4 rings (SSSR count). The van der Waals surface area contributed by atoms with Crippen LogP contribution in [-0.2, 0) is 4.79 Å². The highest BCUT2D eigenvalue weighted by Crippen LogP contribution is 2.41. The van der Waals surface area contributed by atoms with Gasteiger partial charge < -0.3 is 5.32 Å². The first-order chi connectivity index (χ1) is 14.0. The van der Waals surface area contributed by atoms with E-state index >= 15 is 0 Å². The summed E-state index contributed by atoms with van der Waals surface area (Å²) in [6.45, 7) is 1.90. The van der Waals surface area contributed by atoms with Crippen LogP contribution in [0.4, 0.5) is 15.8 Å². The van der Waals surface area contributed by atoms with Crippen molar-refractivity contribution < 1.29 is 14.0 Å². The maximum absolute atomic E-state index is 13.2. The van der Waals surface area contributed by atoms with Gasteiger partial charge in [-0.1, -0.05) is 30.3 Å². The van der Waals surface area contributed by atoms with Crippen LogP contribution in [0.5, 0.6) is 0 Å². The molecule has 0 radical (unpaired) electrons. The Morgan fingerprint density at radius 2 is 1.72 bits per heavy atom. The van der Waals surface area contributed by atoms with E-state index in [1.165, 1.54) is 23.9 Å². The number of nitrogens with one attached hydrogen (secondary N) is 1. The van der Waals surface area contributed by atoms with E-state index in [9.17, 15) is 14.0 Å². The molecule has 3 aromatic carbocycles. The number of hydrogen-bond donors (Lipinski definition) is 1. The number of thioether (sulfide) groups is 1. The SMILES string of the molecule is Cc1ccccc1C(=O)Nc1ccc(C2SCC(=O)N2c2ccc(F)cc2)cc1. The fourth-order valence-electron chi connectivity index (χ4n) is 3.31. The molecule has 1 unspecified atom stereocenters. The summed E-state index contributed by atoms with van der Waals surface area (Å²) in [5.41, 5.74) is 3.85. The van der Waals surface area contributed by atoms with Gasteiger partial charge in [0.05, 0.1) is 5.75 Å². The van der Waals surface area contributed by atoms with Gasteiger partial charge in [-0.15, -0.1) is 11.8 Å². The van der Waals surface area contributed by atoms with Crippen LogP contribution in [0.3, 0.4) is 0 Å². The molecule has 6 heteroatoms. The Morgan fingerprint density at radius 1 is 1.03 bits per heavy atom.